The first kappa shape index (κ1) is 18.2. The molecule has 1 aromatic rings. The number of likely N-dealkylation sites (tertiary alicyclic amines) is 1. The van der Waals surface area contributed by atoms with E-state index in [1.165, 1.54) is 49.1 Å². The third kappa shape index (κ3) is 4.55. The summed E-state index contributed by atoms with van der Waals surface area (Å²) in [6.45, 7) is 6.52. The number of carbonyl (C=O) groups excluding carboxylic acids is 1. The lowest BCUT2D eigenvalue weighted by molar-refractivity contribution is -0.117. The number of nitrogens with zero attached hydrogens (tertiary/aromatic N) is 2. The predicted molar refractivity (Wildman–Crippen MR) is 104 cm³/mol. The number of nitrogens with one attached hydrogen (secondary N) is 1. The van der Waals surface area contributed by atoms with Gasteiger partial charge in [-0.15, -0.1) is 0 Å². The molecule has 4 heteroatoms. The van der Waals surface area contributed by atoms with Crippen LogP contribution in [-0.4, -0.2) is 41.6 Å². The van der Waals surface area contributed by atoms with Gasteiger partial charge < -0.3 is 14.8 Å². The highest BCUT2D eigenvalue weighted by molar-refractivity contribution is 5.92. The second kappa shape index (κ2) is 8.22. The van der Waals surface area contributed by atoms with Crippen molar-refractivity contribution in [1.29, 1.82) is 0 Å². The van der Waals surface area contributed by atoms with Gasteiger partial charge in [0.2, 0.25) is 5.91 Å². The Labute approximate surface area is 152 Å². The van der Waals surface area contributed by atoms with Gasteiger partial charge >= 0.3 is 0 Å². The fraction of sp³-hybridized carbons (Fsp3) is 0.667. The number of piperidine rings is 1. The first-order valence-corrected chi connectivity index (χ1v) is 9.90. The summed E-state index contributed by atoms with van der Waals surface area (Å²) in [5.41, 5.74) is 3.80. The van der Waals surface area contributed by atoms with Gasteiger partial charge in [0.25, 0.3) is 0 Å². The van der Waals surface area contributed by atoms with Crippen LogP contribution in [0.5, 0.6) is 0 Å². The summed E-state index contributed by atoms with van der Waals surface area (Å²) in [6.07, 6.45) is 12.4. The molecular weight excluding hydrogens is 310 g/mol. The predicted octanol–water partition coefficient (Wildman–Crippen LogP) is 3.83. The van der Waals surface area contributed by atoms with Crippen LogP contribution in [0.2, 0.25) is 0 Å². The highest BCUT2D eigenvalue weighted by Gasteiger charge is 2.20. The van der Waals surface area contributed by atoms with Gasteiger partial charge in [-0.25, -0.2) is 0 Å². The SMILES string of the molecule is Cc1cc(C=CC(=O)NC2CCN(C)CC2)c(C)n1C1CCCCC1. The van der Waals surface area contributed by atoms with Gasteiger partial charge in [0.05, 0.1) is 0 Å². The summed E-state index contributed by atoms with van der Waals surface area (Å²) >= 11 is 0. The third-order valence-electron chi connectivity index (χ3n) is 5.94. The standard InChI is InChI=1S/C21H33N3O/c1-16-15-18(17(2)24(16)20-7-5-4-6-8-20)9-10-21(25)22-19-11-13-23(3)14-12-19/h9-10,15,19-20H,4-8,11-14H2,1-3H3,(H,22,25). The molecule has 138 valence electrons. The molecule has 1 aliphatic heterocycles. The molecule has 0 atom stereocenters. The van der Waals surface area contributed by atoms with E-state index in [1.54, 1.807) is 6.08 Å². The molecule has 1 amide bonds. The zero-order valence-electron chi connectivity index (χ0n) is 16.1. The molecule has 1 saturated heterocycles. The van der Waals surface area contributed by atoms with Crippen molar-refractivity contribution in [2.75, 3.05) is 20.1 Å². The zero-order chi connectivity index (χ0) is 17.8. The topological polar surface area (TPSA) is 37.3 Å². The van der Waals surface area contributed by atoms with Crippen molar-refractivity contribution >= 4 is 12.0 Å². The maximum absolute atomic E-state index is 12.3. The van der Waals surface area contributed by atoms with E-state index in [4.69, 9.17) is 0 Å². The van der Waals surface area contributed by atoms with Crippen molar-refractivity contribution in [3.05, 3.63) is 29.1 Å². The molecular formula is C21H33N3O. The van der Waals surface area contributed by atoms with Gasteiger partial charge in [-0.3, -0.25) is 4.79 Å². The fourth-order valence-corrected chi connectivity index (χ4v) is 4.44. The minimum atomic E-state index is 0.0389. The maximum atomic E-state index is 12.3. The van der Waals surface area contributed by atoms with Crippen LogP contribution in [0.3, 0.4) is 0 Å². The summed E-state index contributed by atoms with van der Waals surface area (Å²) in [7, 11) is 2.14. The van der Waals surface area contributed by atoms with Gasteiger partial charge in [0.1, 0.15) is 0 Å². The van der Waals surface area contributed by atoms with E-state index in [0.717, 1.165) is 25.9 Å². The maximum Gasteiger partial charge on any atom is 0.244 e. The van der Waals surface area contributed by atoms with E-state index in [0.29, 0.717) is 12.1 Å². The average molecular weight is 344 g/mol. The summed E-state index contributed by atoms with van der Waals surface area (Å²) in [4.78, 5) is 14.6. The van der Waals surface area contributed by atoms with Gasteiger partial charge in [0, 0.05) is 29.5 Å². The van der Waals surface area contributed by atoms with Crippen molar-refractivity contribution in [3.8, 4) is 0 Å². The molecule has 3 rings (SSSR count). The van der Waals surface area contributed by atoms with Crippen molar-refractivity contribution in [1.82, 2.24) is 14.8 Å². The van der Waals surface area contributed by atoms with Crippen molar-refractivity contribution in [2.24, 2.45) is 0 Å². The summed E-state index contributed by atoms with van der Waals surface area (Å²) < 4.78 is 2.49. The van der Waals surface area contributed by atoms with Crippen LogP contribution in [-0.2, 0) is 4.79 Å². The van der Waals surface area contributed by atoms with Crippen LogP contribution in [0.15, 0.2) is 12.1 Å². The molecule has 25 heavy (non-hydrogen) atoms. The van der Waals surface area contributed by atoms with Crippen LogP contribution in [0.1, 0.15) is 67.9 Å². The summed E-state index contributed by atoms with van der Waals surface area (Å²) in [5, 5.41) is 3.15. The quantitative estimate of drug-likeness (QED) is 0.844. The van der Waals surface area contributed by atoms with Crippen molar-refractivity contribution < 1.29 is 4.79 Å². The van der Waals surface area contributed by atoms with E-state index in [-0.39, 0.29) is 5.91 Å². The zero-order valence-corrected chi connectivity index (χ0v) is 16.1. The molecule has 1 saturated carbocycles. The number of aryl methyl sites for hydroxylation is 1. The molecule has 4 nitrogen and oxygen atoms in total. The molecule has 2 aliphatic rings. The molecule has 0 bridgehead atoms. The molecule has 1 N–H and O–H groups in total. The van der Waals surface area contributed by atoms with Gasteiger partial charge in [-0.1, -0.05) is 19.3 Å². The highest BCUT2D eigenvalue weighted by atomic mass is 16.1. The Morgan fingerprint density at radius 3 is 2.48 bits per heavy atom. The Morgan fingerprint density at radius 2 is 1.80 bits per heavy atom. The van der Waals surface area contributed by atoms with E-state index >= 15 is 0 Å². The number of aromatic nitrogens is 1. The molecule has 0 unspecified atom stereocenters. The van der Waals surface area contributed by atoms with Crippen molar-refractivity contribution in [3.63, 3.8) is 0 Å². The van der Waals surface area contributed by atoms with Gasteiger partial charge in [0.15, 0.2) is 0 Å². The molecule has 1 aromatic heterocycles. The normalized spacial score (nSPS) is 21.1. The largest absolute Gasteiger partial charge is 0.350 e. The Kier molecular flexibility index (Phi) is 6.00. The molecule has 2 heterocycles. The minimum Gasteiger partial charge on any atom is -0.350 e. The van der Waals surface area contributed by atoms with E-state index in [9.17, 15) is 4.79 Å². The van der Waals surface area contributed by atoms with Crippen LogP contribution >= 0.6 is 0 Å². The molecule has 1 aliphatic carbocycles. The Bertz CT molecular complexity index is 617. The molecule has 2 fully saturated rings. The van der Waals surface area contributed by atoms with Gasteiger partial charge in [-0.2, -0.15) is 0 Å². The lowest BCUT2D eigenvalue weighted by Crippen LogP contribution is -2.42. The van der Waals surface area contributed by atoms with E-state index in [1.807, 2.05) is 6.08 Å². The average Bonchev–Trinajstić information content (AvgIpc) is 2.89. The second-order valence-electron chi connectivity index (χ2n) is 7.91. The fourth-order valence-electron chi connectivity index (χ4n) is 4.44. The minimum absolute atomic E-state index is 0.0389. The molecule has 0 radical (unpaired) electrons. The lowest BCUT2D eigenvalue weighted by Gasteiger charge is -2.29. The Morgan fingerprint density at radius 1 is 1.12 bits per heavy atom. The molecule has 0 aromatic carbocycles. The van der Waals surface area contributed by atoms with E-state index in [2.05, 4.69) is 41.7 Å². The summed E-state index contributed by atoms with van der Waals surface area (Å²) in [6, 6.07) is 3.19. The number of amides is 1. The van der Waals surface area contributed by atoms with Crippen LogP contribution in [0.25, 0.3) is 6.08 Å². The molecule has 0 spiro atoms. The first-order valence-electron chi connectivity index (χ1n) is 9.90. The first-order chi connectivity index (χ1) is 12.0. The number of carbonyl (C=O) groups is 1. The van der Waals surface area contributed by atoms with Crippen LogP contribution in [0.4, 0.5) is 0 Å². The Hall–Kier alpha value is -1.55. The van der Waals surface area contributed by atoms with Crippen molar-refractivity contribution in [2.45, 2.75) is 70.9 Å². The van der Waals surface area contributed by atoms with Crippen LogP contribution < -0.4 is 5.32 Å². The second-order valence-corrected chi connectivity index (χ2v) is 7.91. The smallest absolute Gasteiger partial charge is 0.244 e. The number of rotatable bonds is 4. The monoisotopic (exact) mass is 343 g/mol. The number of hydrogen-bond donors (Lipinski definition) is 1. The number of hydrogen-bond acceptors (Lipinski definition) is 2. The van der Waals surface area contributed by atoms with Gasteiger partial charge in [-0.05, 0) is 77.4 Å². The van der Waals surface area contributed by atoms with Crippen LogP contribution in [0, 0.1) is 13.8 Å². The highest BCUT2D eigenvalue weighted by Crippen LogP contribution is 2.32. The third-order valence-corrected chi connectivity index (χ3v) is 5.94. The summed E-state index contributed by atoms with van der Waals surface area (Å²) in [5.74, 6) is 0.0389. The lowest BCUT2D eigenvalue weighted by atomic mass is 9.95. The van der Waals surface area contributed by atoms with E-state index < -0.39 is 0 Å². The Balaban J connectivity index is 1.62.